The molecule has 0 aromatic carbocycles. The fourth-order valence-corrected chi connectivity index (χ4v) is 7.29. The molecule has 6 atom stereocenters. The van der Waals surface area contributed by atoms with Gasteiger partial charge in [0.25, 0.3) is 0 Å². The summed E-state index contributed by atoms with van der Waals surface area (Å²) in [5.41, 5.74) is 2.25. The maximum Gasteiger partial charge on any atom is 0.171 e. The lowest BCUT2D eigenvalue weighted by Gasteiger charge is -2.56. The van der Waals surface area contributed by atoms with E-state index in [0.717, 1.165) is 51.4 Å². The topological polar surface area (TPSA) is 38.7 Å². The van der Waals surface area contributed by atoms with E-state index >= 15 is 0 Å². The van der Waals surface area contributed by atoms with Crippen molar-refractivity contribution in [3.63, 3.8) is 0 Å². The maximum atomic E-state index is 11.1. The first-order chi connectivity index (χ1) is 12.3. The van der Waals surface area contributed by atoms with Crippen molar-refractivity contribution >= 4 is 0 Å². The number of allylic oxidation sites excluding steroid dienone is 1. The summed E-state index contributed by atoms with van der Waals surface area (Å²) < 4.78 is 11.5. The molecule has 0 saturated heterocycles. The Morgan fingerprint density at radius 2 is 1.88 bits per heavy atom. The number of hydrogen-bond acceptors (Lipinski definition) is 3. The molecule has 144 valence electrons. The summed E-state index contributed by atoms with van der Waals surface area (Å²) in [6.45, 7) is 4.68. The van der Waals surface area contributed by atoms with Gasteiger partial charge in [-0.1, -0.05) is 30.9 Å². The Balaban J connectivity index is 1.67. The van der Waals surface area contributed by atoms with Crippen LogP contribution in [0.1, 0.15) is 65.2 Å². The number of rotatable bonds is 2. The lowest BCUT2D eigenvalue weighted by atomic mass is 9.50. The zero-order valence-electron chi connectivity index (χ0n) is 16.8. The summed E-state index contributed by atoms with van der Waals surface area (Å²) in [5.74, 6) is 4.86. The van der Waals surface area contributed by atoms with E-state index in [0.29, 0.717) is 23.7 Å². The second-order valence-corrected chi connectivity index (χ2v) is 9.60. The van der Waals surface area contributed by atoms with Gasteiger partial charge in [-0.2, -0.15) is 0 Å². The molecule has 1 N–H and O–H groups in total. The van der Waals surface area contributed by atoms with Crippen LogP contribution in [0.3, 0.4) is 0 Å². The molecule has 3 heteroatoms. The van der Waals surface area contributed by atoms with Crippen molar-refractivity contribution in [3.8, 4) is 12.3 Å². The van der Waals surface area contributed by atoms with Gasteiger partial charge in [-0.25, -0.2) is 0 Å². The Labute approximate surface area is 158 Å². The molecule has 4 aliphatic carbocycles. The Hall–Kier alpha value is -0.820. The van der Waals surface area contributed by atoms with Crippen molar-refractivity contribution in [3.05, 3.63) is 11.1 Å². The van der Waals surface area contributed by atoms with Gasteiger partial charge in [-0.15, -0.1) is 6.42 Å². The first-order valence-corrected chi connectivity index (χ1v) is 10.3. The first kappa shape index (κ1) is 18.5. The molecule has 2 fully saturated rings. The molecule has 0 heterocycles. The lowest BCUT2D eigenvalue weighted by molar-refractivity contribution is -0.214. The molecule has 0 amide bonds. The Kier molecular flexibility index (Phi) is 4.34. The number of aliphatic hydroxyl groups is 1. The van der Waals surface area contributed by atoms with Gasteiger partial charge in [0.1, 0.15) is 5.60 Å². The van der Waals surface area contributed by atoms with Crippen molar-refractivity contribution in [1.29, 1.82) is 0 Å². The van der Waals surface area contributed by atoms with Crippen molar-refractivity contribution in [1.82, 2.24) is 0 Å². The van der Waals surface area contributed by atoms with E-state index in [-0.39, 0.29) is 5.41 Å². The second-order valence-electron chi connectivity index (χ2n) is 9.60. The molecule has 3 nitrogen and oxygen atoms in total. The molecule has 0 spiro atoms. The Morgan fingerprint density at radius 3 is 2.54 bits per heavy atom. The van der Waals surface area contributed by atoms with Gasteiger partial charge >= 0.3 is 0 Å². The highest BCUT2D eigenvalue weighted by Gasteiger charge is 2.62. The number of hydrogen-bond donors (Lipinski definition) is 1. The number of terminal acetylenes is 1. The van der Waals surface area contributed by atoms with Gasteiger partial charge in [-0.05, 0) is 62.2 Å². The maximum absolute atomic E-state index is 11.1. The smallest absolute Gasteiger partial charge is 0.171 e. The van der Waals surface area contributed by atoms with Crippen LogP contribution in [0.15, 0.2) is 11.1 Å². The lowest BCUT2D eigenvalue weighted by Crippen LogP contribution is -2.53. The molecule has 0 aliphatic heterocycles. The summed E-state index contributed by atoms with van der Waals surface area (Å²) in [4.78, 5) is 0. The van der Waals surface area contributed by atoms with Gasteiger partial charge < -0.3 is 14.6 Å². The minimum Gasteiger partial charge on any atom is -0.377 e. The molecule has 0 aromatic rings. The predicted molar refractivity (Wildman–Crippen MR) is 102 cm³/mol. The van der Waals surface area contributed by atoms with Crippen LogP contribution >= 0.6 is 0 Å². The Morgan fingerprint density at radius 1 is 1.15 bits per heavy atom. The van der Waals surface area contributed by atoms with Crippen LogP contribution in [-0.4, -0.2) is 30.7 Å². The zero-order chi connectivity index (χ0) is 18.7. The summed E-state index contributed by atoms with van der Waals surface area (Å²) in [6.07, 6.45) is 13.9. The molecule has 0 aromatic heterocycles. The second kappa shape index (κ2) is 6.09. The van der Waals surface area contributed by atoms with E-state index in [4.69, 9.17) is 15.9 Å². The van der Waals surface area contributed by atoms with Gasteiger partial charge in [0.2, 0.25) is 0 Å². The molecule has 4 rings (SSSR count). The van der Waals surface area contributed by atoms with Crippen molar-refractivity contribution < 1.29 is 14.6 Å². The van der Waals surface area contributed by atoms with E-state index in [9.17, 15) is 5.11 Å². The van der Waals surface area contributed by atoms with Gasteiger partial charge in [0, 0.05) is 32.5 Å². The predicted octanol–water partition coefficient (Wildman–Crippen LogP) is 4.30. The fraction of sp³-hybridized carbons (Fsp3) is 0.826. The van der Waals surface area contributed by atoms with Crippen LogP contribution < -0.4 is 0 Å². The molecule has 2 saturated carbocycles. The molecule has 0 unspecified atom stereocenters. The standard InChI is InChI=1S/C23H34O3/c1-6-22(24)11-9-19-20-15(2)13-16-14-23(25-4,26-5)12-8-17(16)18(20)7-10-21(19,22)3/h1,15,18-20,24H,7-14H2,2-5H3/t15-,18-,19+,20-,21+,22+/m0/s1. The minimum atomic E-state index is -0.912. The van der Waals surface area contributed by atoms with Crippen molar-refractivity contribution in [2.45, 2.75) is 76.6 Å². The largest absolute Gasteiger partial charge is 0.377 e. The third-order valence-electron chi connectivity index (χ3n) is 8.85. The highest BCUT2D eigenvalue weighted by Crippen LogP contribution is 2.65. The summed E-state index contributed by atoms with van der Waals surface area (Å²) >= 11 is 0. The summed E-state index contributed by atoms with van der Waals surface area (Å²) in [7, 11) is 3.55. The normalized spacial score (nSPS) is 46.9. The zero-order valence-corrected chi connectivity index (χ0v) is 16.8. The van der Waals surface area contributed by atoms with Crippen LogP contribution in [0.2, 0.25) is 0 Å². The Bertz CT molecular complexity index is 655. The molecule has 26 heavy (non-hydrogen) atoms. The van der Waals surface area contributed by atoms with E-state index in [1.54, 1.807) is 25.4 Å². The van der Waals surface area contributed by atoms with Crippen LogP contribution in [-0.2, 0) is 9.47 Å². The van der Waals surface area contributed by atoms with Crippen LogP contribution in [0.25, 0.3) is 0 Å². The number of methoxy groups -OCH3 is 2. The van der Waals surface area contributed by atoms with Crippen LogP contribution in [0, 0.1) is 41.4 Å². The van der Waals surface area contributed by atoms with Crippen LogP contribution in [0.4, 0.5) is 0 Å². The number of ether oxygens (including phenoxy) is 2. The third kappa shape index (κ3) is 2.32. The highest BCUT2D eigenvalue weighted by molar-refractivity contribution is 5.31. The van der Waals surface area contributed by atoms with Crippen molar-refractivity contribution in [2.75, 3.05) is 14.2 Å². The quantitative estimate of drug-likeness (QED) is 0.454. The molecular weight excluding hydrogens is 324 g/mol. The molecular formula is C23H34O3. The summed E-state index contributed by atoms with van der Waals surface area (Å²) in [6, 6.07) is 0. The van der Waals surface area contributed by atoms with Gasteiger partial charge in [0.15, 0.2) is 5.79 Å². The van der Waals surface area contributed by atoms with Gasteiger partial charge in [0.05, 0.1) is 0 Å². The first-order valence-electron chi connectivity index (χ1n) is 10.3. The number of fused-ring (bicyclic) bond motifs is 4. The van der Waals surface area contributed by atoms with Gasteiger partial charge in [-0.3, -0.25) is 0 Å². The average molecular weight is 359 g/mol. The van der Waals surface area contributed by atoms with E-state index in [1.165, 1.54) is 0 Å². The summed E-state index contributed by atoms with van der Waals surface area (Å²) in [5, 5.41) is 11.1. The molecule has 0 bridgehead atoms. The fourth-order valence-electron chi connectivity index (χ4n) is 7.29. The minimum absolute atomic E-state index is 0.118. The molecule has 0 radical (unpaired) electrons. The highest BCUT2D eigenvalue weighted by atomic mass is 16.7. The average Bonchev–Trinajstić information content (AvgIpc) is 2.93. The SMILES string of the molecule is C#C[C@@]1(O)CC[C@@H]2[C@H]3[C@@H](C)CC4=C(CCC(OC)(OC)C4)[C@@H]3CC[C@]21C. The van der Waals surface area contributed by atoms with Crippen LogP contribution in [0.5, 0.6) is 0 Å². The van der Waals surface area contributed by atoms with E-state index in [1.807, 2.05) is 0 Å². The monoisotopic (exact) mass is 358 g/mol. The van der Waals surface area contributed by atoms with E-state index < -0.39 is 11.4 Å². The molecule has 4 aliphatic rings. The van der Waals surface area contributed by atoms with Crippen molar-refractivity contribution in [2.24, 2.45) is 29.1 Å². The third-order valence-corrected chi connectivity index (χ3v) is 8.85. The van der Waals surface area contributed by atoms with E-state index in [2.05, 4.69) is 19.8 Å².